The van der Waals surface area contributed by atoms with Crippen molar-refractivity contribution in [3.05, 3.63) is 29.8 Å². The predicted octanol–water partition coefficient (Wildman–Crippen LogP) is 2.63. The Morgan fingerprint density at radius 1 is 1.18 bits per heavy atom. The molecule has 0 radical (unpaired) electrons. The first-order valence-corrected chi connectivity index (χ1v) is 6.34. The zero-order valence-electron chi connectivity index (χ0n) is 10.7. The van der Waals surface area contributed by atoms with Gasteiger partial charge in [-0.1, -0.05) is 19.3 Å². The molecule has 3 heteroatoms. The zero-order chi connectivity index (χ0) is 12.3. The molecule has 0 N–H and O–H groups in total. The van der Waals surface area contributed by atoms with Crippen LogP contribution in [0.15, 0.2) is 24.3 Å². The number of methoxy groups -OCH3 is 1. The lowest BCUT2D eigenvalue weighted by molar-refractivity contribution is 0.0906. The first kappa shape index (κ1) is 12.2. The Bertz CT molecular complexity index is 391. The third-order valence-electron chi connectivity index (χ3n) is 3.86. The van der Waals surface area contributed by atoms with Gasteiger partial charge in [-0.15, -0.1) is 0 Å². The molecule has 0 heterocycles. The standard InChI is InChI=1S/C14H19BO2/c1-17-12-7-5-11(6-8-12)13(16)14(15)9-3-2-4-10-14/h5-8H,2-4,9-10,15H2,1H3. The van der Waals surface area contributed by atoms with E-state index in [2.05, 4.69) is 7.85 Å². The molecule has 90 valence electrons. The van der Waals surface area contributed by atoms with Crippen LogP contribution < -0.4 is 4.74 Å². The van der Waals surface area contributed by atoms with Crippen LogP contribution in [0.4, 0.5) is 0 Å². The number of ether oxygens (including phenoxy) is 1. The maximum absolute atomic E-state index is 12.5. The highest BCUT2D eigenvalue weighted by Gasteiger charge is 2.34. The van der Waals surface area contributed by atoms with Crippen molar-refractivity contribution >= 4 is 13.6 Å². The van der Waals surface area contributed by atoms with E-state index in [1.165, 1.54) is 19.3 Å². The van der Waals surface area contributed by atoms with Crippen LogP contribution in [-0.4, -0.2) is 20.7 Å². The number of rotatable bonds is 3. The molecule has 17 heavy (non-hydrogen) atoms. The molecule has 2 rings (SSSR count). The van der Waals surface area contributed by atoms with Crippen molar-refractivity contribution in [3.63, 3.8) is 0 Å². The first-order valence-electron chi connectivity index (χ1n) is 6.34. The maximum atomic E-state index is 12.5. The Labute approximate surface area is 104 Å². The van der Waals surface area contributed by atoms with Gasteiger partial charge in [-0.05, 0) is 37.1 Å². The van der Waals surface area contributed by atoms with Crippen LogP contribution in [0.2, 0.25) is 5.31 Å². The summed E-state index contributed by atoms with van der Waals surface area (Å²) in [7, 11) is 3.75. The number of carbonyl (C=O) groups is 1. The summed E-state index contributed by atoms with van der Waals surface area (Å²) in [6.07, 6.45) is 5.68. The van der Waals surface area contributed by atoms with Crippen LogP contribution >= 0.6 is 0 Å². The molecule has 1 aromatic rings. The van der Waals surface area contributed by atoms with Gasteiger partial charge in [0.15, 0.2) is 5.78 Å². The minimum Gasteiger partial charge on any atom is -0.497 e. The van der Waals surface area contributed by atoms with Crippen molar-refractivity contribution in [3.8, 4) is 5.75 Å². The van der Waals surface area contributed by atoms with Gasteiger partial charge in [0.1, 0.15) is 13.6 Å². The van der Waals surface area contributed by atoms with Crippen molar-refractivity contribution < 1.29 is 9.53 Å². The third kappa shape index (κ3) is 2.54. The molecule has 0 aliphatic heterocycles. The van der Waals surface area contributed by atoms with Gasteiger partial charge in [0.2, 0.25) is 0 Å². The molecular weight excluding hydrogens is 211 g/mol. The summed E-state index contributed by atoms with van der Waals surface area (Å²) in [5.74, 6) is 1.09. The summed E-state index contributed by atoms with van der Waals surface area (Å²) >= 11 is 0. The fraction of sp³-hybridized carbons (Fsp3) is 0.500. The van der Waals surface area contributed by atoms with Crippen molar-refractivity contribution in [2.75, 3.05) is 7.11 Å². The molecule has 0 saturated heterocycles. The second-order valence-electron chi connectivity index (χ2n) is 5.18. The van der Waals surface area contributed by atoms with Crippen LogP contribution in [-0.2, 0) is 0 Å². The number of ketones is 1. The van der Waals surface area contributed by atoms with E-state index in [1.807, 2.05) is 24.3 Å². The number of carbonyl (C=O) groups excluding carboxylic acids is 1. The van der Waals surface area contributed by atoms with Crippen LogP contribution in [0.5, 0.6) is 5.75 Å². The minimum atomic E-state index is -0.146. The van der Waals surface area contributed by atoms with E-state index < -0.39 is 0 Å². The summed E-state index contributed by atoms with van der Waals surface area (Å²) in [5, 5.41) is -0.146. The molecule has 1 saturated carbocycles. The highest BCUT2D eigenvalue weighted by atomic mass is 16.5. The maximum Gasteiger partial charge on any atom is 0.161 e. The first-order chi connectivity index (χ1) is 8.15. The van der Waals surface area contributed by atoms with E-state index in [9.17, 15) is 4.79 Å². The monoisotopic (exact) mass is 230 g/mol. The Hall–Kier alpha value is -1.25. The summed E-state index contributed by atoms with van der Waals surface area (Å²) in [5.41, 5.74) is 0.815. The van der Waals surface area contributed by atoms with E-state index in [0.29, 0.717) is 5.78 Å². The lowest BCUT2D eigenvalue weighted by Crippen LogP contribution is -2.27. The Balaban J connectivity index is 2.17. The van der Waals surface area contributed by atoms with E-state index >= 15 is 0 Å². The normalized spacial score (nSPS) is 18.6. The quantitative estimate of drug-likeness (QED) is 0.589. The number of Topliss-reactive ketones (excluding diaryl/α,β-unsaturated/α-hetero) is 1. The van der Waals surface area contributed by atoms with E-state index in [0.717, 1.165) is 24.2 Å². The Kier molecular flexibility index (Phi) is 3.56. The van der Waals surface area contributed by atoms with Gasteiger partial charge in [0.05, 0.1) is 7.11 Å². The zero-order valence-corrected chi connectivity index (χ0v) is 10.7. The van der Waals surface area contributed by atoms with E-state index in [1.54, 1.807) is 7.11 Å². The minimum absolute atomic E-state index is 0.146. The predicted molar refractivity (Wildman–Crippen MR) is 71.6 cm³/mol. The molecule has 1 aliphatic rings. The molecule has 0 unspecified atom stereocenters. The molecule has 1 aromatic carbocycles. The van der Waals surface area contributed by atoms with Crippen molar-refractivity contribution in [2.45, 2.75) is 37.4 Å². The van der Waals surface area contributed by atoms with Crippen LogP contribution in [0.1, 0.15) is 42.5 Å². The van der Waals surface area contributed by atoms with Crippen molar-refractivity contribution in [1.82, 2.24) is 0 Å². The van der Waals surface area contributed by atoms with Gasteiger partial charge in [0, 0.05) is 10.9 Å². The molecule has 2 nitrogen and oxygen atoms in total. The Morgan fingerprint density at radius 3 is 2.29 bits per heavy atom. The van der Waals surface area contributed by atoms with Gasteiger partial charge in [-0.2, -0.15) is 0 Å². The van der Waals surface area contributed by atoms with Gasteiger partial charge in [-0.3, -0.25) is 4.79 Å². The molecule has 1 aliphatic carbocycles. The second-order valence-corrected chi connectivity index (χ2v) is 5.18. The smallest absolute Gasteiger partial charge is 0.161 e. The fourth-order valence-electron chi connectivity index (χ4n) is 2.65. The van der Waals surface area contributed by atoms with E-state index in [4.69, 9.17) is 4.74 Å². The van der Waals surface area contributed by atoms with Gasteiger partial charge in [-0.25, -0.2) is 0 Å². The summed E-state index contributed by atoms with van der Waals surface area (Å²) < 4.78 is 5.11. The average molecular weight is 230 g/mol. The highest BCUT2D eigenvalue weighted by Crippen LogP contribution is 2.42. The van der Waals surface area contributed by atoms with E-state index in [-0.39, 0.29) is 5.31 Å². The molecule has 0 aromatic heterocycles. The van der Waals surface area contributed by atoms with Gasteiger partial charge in [0.25, 0.3) is 0 Å². The van der Waals surface area contributed by atoms with Gasteiger partial charge < -0.3 is 4.74 Å². The van der Waals surface area contributed by atoms with Crippen LogP contribution in [0.3, 0.4) is 0 Å². The molecular formula is C14H19BO2. The fourth-order valence-corrected chi connectivity index (χ4v) is 2.65. The number of benzene rings is 1. The SMILES string of the molecule is BC1(C(=O)c2ccc(OC)cc2)CCCCC1. The van der Waals surface area contributed by atoms with Gasteiger partial charge >= 0.3 is 0 Å². The Morgan fingerprint density at radius 2 is 1.76 bits per heavy atom. The highest BCUT2D eigenvalue weighted by molar-refractivity contribution is 6.32. The summed E-state index contributed by atoms with van der Waals surface area (Å²) in [6, 6.07) is 7.47. The molecule has 0 amide bonds. The van der Waals surface area contributed by atoms with Crippen molar-refractivity contribution in [1.29, 1.82) is 0 Å². The molecule has 0 bridgehead atoms. The lowest BCUT2D eigenvalue weighted by Gasteiger charge is -2.32. The number of hydrogen-bond donors (Lipinski definition) is 0. The van der Waals surface area contributed by atoms with Crippen LogP contribution in [0.25, 0.3) is 0 Å². The number of hydrogen-bond acceptors (Lipinski definition) is 2. The molecule has 0 spiro atoms. The molecule has 0 atom stereocenters. The average Bonchev–Trinajstić information content (AvgIpc) is 2.39. The molecule has 1 fully saturated rings. The van der Waals surface area contributed by atoms with Crippen molar-refractivity contribution in [2.24, 2.45) is 0 Å². The second kappa shape index (κ2) is 4.95. The summed E-state index contributed by atoms with van der Waals surface area (Å²) in [6.45, 7) is 0. The topological polar surface area (TPSA) is 26.3 Å². The summed E-state index contributed by atoms with van der Waals surface area (Å²) in [4.78, 5) is 12.5. The largest absolute Gasteiger partial charge is 0.497 e. The third-order valence-corrected chi connectivity index (χ3v) is 3.86. The van der Waals surface area contributed by atoms with Crippen LogP contribution in [0, 0.1) is 0 Å². The lowest BCUT2D eigenvalue weighted by atomic mass is 9.57.